The van der Waals surface area contributed by atoms with Crippen LogP contribution in [-0.2, 0) is 0 Å². The van der Waals surface area contributed by atoms with Gasteiger partial charge >= 0.3 is 11.9 Å². The molecular weight excluding hydrogens is 410 g/mol. The van der Waals surface area contributed by atoms with Crippen LogP contribution < -0.4 is 10.3 Å². The maximum atomic E-state index is 11.9. The van der Waals surface area contributed by atoms with Gasteiger partial charge < -0.3 is 19.9 Å². The van der Waals surface area contributed by atoms with Gasteiger partial charge in [-0.2, -0.15) is 0 Å². The van der Waals surface area contributed by atoms with Crippen LogP contribution in [0.25, 0.3) is 11.3 Å². The molecule has 30 heavy (non-hydrogen) atoms. The van der Waals surface area contributed by atoms with Gasteiger partial charge in [0.1, 0.15) is 5.75 Å². The van der Waals surface area contributed by atoms with Gasteiger partial charge in [-0.05, 0) is 6.42 Å². The number of H-pyrrole nitrogens is 1. The molecule has 0 atom stereocenters. The molecule has 0 amide bonds. The predicted octanol–water partition coefficient (Wildman–Crippen LogP) is 2.79. The van der Waals surface area contributed by atoms with E-state index in [-0.39, 0.29) is 17.9 Å². The van der Waals surface area contributed by atoms with Crippen LogP contribution in [-0.4, -0.2) is 49.5 Å². The van der Waals surface area contributed by atoms with E-state index in [1.807, 2.05) is 30.3 Å². The SMILES string of the molecule is O=C(O)c1cc(OCCCSc2nc(-c3ccccc3)cc(=O)[nH]2)cc(C(=O)O)n1. The lowest BCUT2D eigenvalue weighted by Crippen LogP contribution is -2.10. The predicted molar refractivity (Wildman–Crippen MR) is 109 cm³/mol. The molecule has 0 saturated carbocycles. The number of aromatic carboxylic acids is 2. The molecule has 154 valence electrons. The molecule has 1 aromatic carbocycles. The van der Waals surface area contributed by atoms with Crippen LogP contribution in [0.1, 0.15) is 27.4 Å². The summed E-state index contributed by atoms with van der Waals surface area (Å²) >= 11 is 1.35. The number of nitrogens with zero attached hydrogens (tertiary/aromatic N) is 2. The number of carbonyl (C=O) groups is 2. The van der Waals surface area contributed by atoms with Gasteiger partial charge in [0, 0.05) is 29.5 Å². The largest absolute Gasteiger partial charge is 0.493 e. The second-order valence-electron chi connectivity index (χ2n) is 6.04. The number of carboxylic acids is 2. The topological polar surface area (TPSA) is 142 Å². The molecule has 0 aliphatic carbocycles. The van der Waals surface area contributed by atoms with Crippen molar-refractivity contribution in [1.82, 2.24) is 15.0 Å². The highest BCUT2D eigenvalue weighted by Gasteiger charge is 2.14. The molecule has 3 rings (SSSR count). The quantitative estimate of drug-likeness (QED) is 0.267. The molecule has 10 heteroatoms. The van der Waals surface area contributed by atoms with Crippen LogP contribution in [0.15, 0.2) is 58.5 Å². The van der Waals surface area contributed by atoms with Crippen molar-refractivity contribution in [1.29, 1.82) is 0 Å². The fourth-order valence-corrected chi connectivity index (χ4v) is 3.28. The zero-order chi connectivity index (χ0) is 21.5. The number of ether oxygens (including phenoxy) is 1. The van der Waals surface area contributed by atoms with Crippen LogP contribution in [0.2, 0.25) is 0 Å². The van der Waals surface area contributed by atoms with Crippen LogP contribution >= 0.6 is 11.8 Å². The molecule has 0 fully saturated rings. The van der Waals surface area contributed by atoms with Gasteiger partial charge in [-0.3, -0.25) is 4.79 Å². The van der Waals surface area contributed by atoms with Crippen molar-refractivity contribution in [3.8, 4) is 17.0 Å². The van der Waals surface area contributed by atoms with Crippen LogP contribution in [0.3, 0.4) is 0 Å². The van der Waals surface area contributed by atoms with E-state index in [0.717, 1.165) is 5.56 Å². The Bertz CT molecular complexity index is 1080. The number of thioether (sulfide) groups is 1. The molecule has 3 N–H and O–H groups in total. The summed E-state index contributed by atoms with van der Waals surface area (Å²) < 4.78 is 5.47. The van der Waals surface area contributed by atoms with E-state index < -0.39 is 23.3 Å². The average Bonchev–Trinajstić information content (AvgIpc) is 2.73. The molecule has 3 aromatic rings. The van der Waals surface area contributed by atoms with Crippen molar-refractivity contribution in [2.75, 3.05) is 12.4 Å². The van der Waals surface area contributed by atoms with Crippen molar-refractivity contribution >= 4 is 23.7 Å². The number of rotatable bonds is 9. The van der Waals surface area contributed by atoms with E-state index in [9.17, 15) is 14.4 Å². The number of carboxylic acid groups (broad SMARTS) is 2. The highest BCUT2D eigenvalue weighted by atomic mass is 32.2. The molecular formula is C20H17N3O6S. The first-order valence-corrected chi connectivity index (χ1v) is 9.82. The monoisotopic (exact) mass is 427 g/mol. The molecule has 0 aliphatic heterocycles. The number of hydrogen-bond donors (Lipinski definition) is 3. The summed E-state index contributed by atoms with van der Waals surface area (Å²) in [6.45, 7) is 0.220. The summed E-state index contributed by atoms with van der Waals surface area (Å²) in [5.74, 6) is -2.00. The maximum Gasteiger partial charge on any atom is 0.354 e. The number of aromatic amines is 1. The summed E-state index contributed by atoms with van der Waals surface area (Å²) in [6, 6.07) is 13.1. The average molecular weight is 427 g/mol. The Kier molecular flexibility index (Phi) is 6.81. The summed E-state index contributed by atoms with van der Waals surface area (Å²) in [7, 11) is 0. The Balaban J connectivity index is 1.57. The van der Waals surface area contributed by atoms with Gasteiger partial charge in [0.2, 0.25) is 0 Å². The van der Waals surface area contributed by atoms with Gasteiger partial charge in [-0.1, -0.05) is 42.1 Å². The molecule has 0 aliphatic rings. The van der Waals surface area contributed by atoms with E-state index in [0.29, 0.717) is 23.0 Å². The minimum absolute atomic E-state index is 0.113. The zero-order valence-electron chi connectivity index (χ0n) is 15.6. The Morgan fingerprint density at radius 1 is 1.00 bits per heavy atom. The summed E-state index contributed by atoms with van der Waals surface area (Å²) in [5.41, 5.74) is 0.367. The van der Waals surface area contributed by atoms with Crippen molar-refractivity contribution < 1.29 is 24.5 Å². The van der Waals surface area contributed by atoms with Crippen molar-refractivity contribution in [2.45, 2.75) is 11.6 Å². The molecule has 9 nitrogen and oxygen atoms in total. The number of nitrogens with one attached hydrogen (secondary N) is 1. The molecule has 0 bridgehead atoms. The van der Waals surface area contributed by atoms with Gasteiger partial charge in [-0.15, -0.1) is 0 Å². The first-order valence-electron chi connectivity index (χ1n) is 8.83. The minimum atomic E-state index is -1.34. The van der Waals surface area contributed by atoms with Gasteiger partial charge in [0.25, 0.3) is 5.56 Å². The molecule has 0 saturated heterocycles. The van der Waals surface area contributed by atoms with E-state index >= 15 is 0 Å². The fraction of sp³-hybridized carbons (Fsp3) is 0.150. The van der Waals surface area contributed by atoms with Gasteiger partial charge in [0.05, 0.1) is 12.3 Å². The van der Waals surface area contributed by atoms with Gasteiger partial charge in [0.15, 0.2) is 16.5 Å². The second-order valence-corrected chi connectivity index (χ2v) is 7.12. The molecule has 2 heterocycles. The van der Waals surface area contributed by atoms with Gasteiger partial charge in [-0.25, -0.2) is 19.6 Å². The van der Waals surface area contributed by atoms with Crippen LogP contribution in [0.5, 0.6) is 5.75 Å². The van der Waals surface area contributed by atoms with Crippen LogP contribution in [0.4, 0.5) is 0 Å². The zero-order valence-corrected chi connectivity index (χ0v) is 16.4. The van der Waals surface area contributed by atoms with Crippen molar-refractivity contribution in [2.24, 2.45) is 0 Å². The smallest absolute Gasteiger partial charge is 0.354 e. The molecule has 0 unspecified atom stereocenters. The summed E-state index contributed by atoms with van der Waals surface area (Å²) in [4.78, 5) is 44.7. The number of pyridine rings is 1. The third-order valence-corrected chi connectivity index (χ3v) is 4.78. The Morgan fingerprint density at radius 3 is 2.30 bits per heavy atom. The maximum absolute atomic E-state index is 11.9. The Morgan fingerprint density at radius 2 is 1.67 bits per heavy atom. The van der Waals surface area contributed by atoms with E-state index in [2.05, 4.69) is 15.0 Å². The second kappa shape index (κ2) is 9.70. The molecule has 2 aromatic heterocycles. The third kappa shape index (κ3) is 5.67. The van der Waals surface area contributed by atoms with E-state index in [1.54, 1.807) is 0 Å². The van der Waals surface area contributed by atoms with Crippen molar-refractivity contribution in [3.05, 3.63) is 70.3 Å². The normalized spacial score (nSPS) is 10.5. The molecule has 0 spiro atoms. The first kappa shape index (κ1) is 21.1. The van der Waals surface area contributed by atoms with E-state index in [4.69, 9.17) is 14.9 Å². The Hall–Kier alpha value is -3.66. The number of benzene rings is 1. The van der Waals surface area contributed by atoms with Crippen molar-refractivity contribution in [3.63, 3.8) is 0 Å². The summed E-state index contributed by atoms with van der Waals surface area (Å²) in [5, 5.41) is 18.5. The Labute approximate surface area is 174 Å². The third-order valence-electron chi connectivity index (χ3n) is 3.82. The number of hydrogen-bond acceptors (Lipinski definition) is 7. The van der Waals surface area contributed by atoms with E-state index in [1.165, 1.54) is 30.0 Å². The first-order chi connectivity index (χ1) is 14.4. The summed E-state index contributed by atoms with van der Waals surface area (Å²) in [6.07, 6.45) is 0.553. The minimum Gasteiger partial charge on any atom is -0.493 e. The highest BCUT2D eigenvalue weighted by molar-refractivity contribution is 7.99. The lowest BCUT2D eigenvalue weighted by Gasteiger charge is -2.08. The lowest BCUT2D eigenvalue weighted by atomic mass is 10.1. The highest BCUT2D eigenvalue weighted by Crippen LogP contribution is 2.20. The lowest BCUT2D eigenvalue weighted by molar-refractivity contribution is 0.0684. The standard InChI is InChI=1S/C20H17N3O6S/c24-17-11-14(12-5-2-1-3-6-12)22-20(23-17)30-8-4-7-29-13-9-15(18(25)26)21-16(10-13)19(27)28/h1-3,5-6,9-11H,4,7-8H2,(H,25,26)(H,27,28)(H,22,23,24). The molecule has 0 radical (unpaired) electrons. The van der Waals surface area contributed by atoms with Crippen LogP contribution in [0, 0.1) is 0 Å². The fourth-order valence-electron chi connectivity index (χ4n) is 2.49. The number of aromatic nitrogens is 3.